The molecular formula is C14H21NO. The smallest absolute Gasteiger partial charge is 0.119 e. The molecule has 1 rings (SSSR count). The van der Waals surface area contributed by atoms with Gasteiger partial charge in [-0.15, -0.1) is 6.58 Å². The first-order valence-electron chi connectivity index (χ1n) is 5.85. The van der Waals surface area contributed by atoms with E-state index in [9.17, 15) is 0 Å². The van der Waals surface area contributed by atoms with E-state index in [1.54, 1.807) is 0 Å². The molecule has 2 nitrogen and oxygen atoms in total. The van der Waals surface area contributed by atoms with Crippen molar-refractivity contribution in [1.29, 1.82) is 0 Å². The van der Waals surface area contributed by atoms with E-state index in [0.717, 1.165) is 18.7 Å². The Morgan fingerprint density at radius 3 is 2.62 bits per heavy atom. The van der Waals surface area contributed by atoms with Crippen molar-refractivity contribution < 1.29 is 4.74 Å². The lowest BCUT2D eigenvalue weighted by Gasteiger charge is -2.13. The van der Waals surface area contributed by atoms with E-state index in [0.29, 0.717) is 12.6 Å². The Morgan fingerprint density at radius 1 is 1.38 bits per heavy atom. The maximum Gasteiger partial charge on any atom is 0.119 e. The Hall–Kier alpha value is -1.28. The van der Waals surface area contributed by atoms with Crippen molar-refractivity contribution in [1.82, 2.24) is 5.32 Å². The van der Waals surface area contributed by atoms with Crippen LogP contribution in [0.5, 0.6) is 5.75 Å². The van der Waals surface area contributed by atoms with Crippen LogP contribution < -0.4 is 10.1 Å². The van der Waals surface area contributed by atoms with Gasteiger partial charge in [-0.3, -0.25) is 0 Å². The SMILES string of the molecule is C=CCCOc1ccc(C(C)NCC)cc1. The van der Waals surface area contributed by atoms with E-state index < -0.39 is 0 Å². The minimum Gasteiger partial charge on any atom is -0.493 e. The van der Waals surface area contributed by atoms with Gasteiger partial charge in [-0.1, -0.05) is 25.1 Å². The van der Waals surface area contributed by atoms with Gasteiger partial charge in [-0.05, 0) is 37.6 Å². The van der Waals surface area contributed by atoms with Gasteiger partial charge >= 0.3 is 0 Å². The molecule has 0 aliphatic carbocycles. The van der Waals surface area contributed by atoms with Crippen LogP contribution in [0.15, 0.2) is 36.9 Å². The van der Waals surface area contributed by atoms with Gasteiger partial charge in [0.15, 0.2) is 0 Å². The number of hydrogen-bond donors (Lipinski definition) is 1. The predicted molar refractivity (Wildman–Crippen MR) is 68.8 cm³/mol. The van der Waals surface area contributed by atoms with Crippen LogP contribution in [-0.4, -0.2) is 13.2 Å². The average molecular weight is 219 g/mol. The molecule has 0 aliphatic rings. The minimum atomic E-state index is 0.396. The summed E-state index contributed by atoms with van der Waals surface area (Å²) < 4.78 is 5.55. The molecule has 16 heavy (non-hydrogen) atoms. The molecule has 0 heterocycles. The number of ether oxygens (including phenoxy) is 1. The largest absolute Gasteiger partial charge is 0.493 e. The quantitative estimate of drug-likeness (QED) is 0.561. The molecule has 1 aromatic carbocycles. The normalized spacial score (nSPS) is 12.1. The Morgan fingerprint density at radius 2 is 2.06 bits per heavy atom. The van der Waals surface area contributed by atoms with Gasteiger partial charge in [-0.25, -0.2) is 0 Å². The fraction of sp³-hybridized carbons (Fsp3) is 0.429. The molecule has 0 amide bonds. The summed E-state index contributed by atoms with van der Waals surface area (Å²) in [5.74, 6) is 0.925. The second kappa shape index (κ2) is 7.07. The lowest BCUT2D eigenvalue weighted by Crippen LogP contribution is -2.17. The molecule has 1 aromatic rings. The molecule has 0 fully saturated rings. The molecule has 0 saturated heterocycles. The first-order valence-corrected chi connectivity index (χ1v) is 5.85. The molecule has 0 radical (unpaired) electrons. The number of rotatable bonds is 7. The summed E-state index contributed by atoms with van der Waals surface area (Å²) in [6, 6.07) is 8.65. The first-order chi connectivity index (χ1) is 7.77. The van der Waals surface area contributed by atoms with Crippen LogP contribution in [0.25, 0.3) is 0 Å². The third kappa shape index (κ3) is 4.07. The van der Waals surface area contributed by atoms with E-state index in [2.05, 4.69) is 37.9 Å². The summed E-state index contributed by atoms with van der Waals surface area (Å²) in [5, 5.41) is 3.38. The van der Waals surface area contributed by atoms with Crippen LogP contribution in [0.3, 0.4) is 0 Å². The standard InChI is InChI=1S/C14H21NO/c1-4-6-11-16-14-9-7-13(8-10-14)12(3)15-5-2/h4,7-10,12,15H,1,5-6,11H2,2-3H3. The number of nitrogens with one attached hydrogen (secondary N) is 1. The summed E-state index contributed by atoms with van der Waals surface area (Å²) in [5.41, 5.74) is 1.29. The third-order valence-electron chi connectivity index (χ3n) is 2.48. The second-order valence-corrected chi connectivity index (χ2v) is 3.77. The highest BCUT2D eigenvalue weighted by atomic mass is 16.5. The first kappa shape index (κ1) is 12.8. The highest BCUT2D eigenvalue weighted by Crippen LogP contribution is 2.17. The molecule has 0 spiro atoms. The van der Waals surface area contributed by atoms with Gasteiger partial charge < -0.3 is 10.1 Å². The lowest BCUT2D eigenvalue weighted by molar-refractivity contribution is 0.325. The van der Waals surface area contributed by atoms with Crippen molar-refractivity contribution in [2.75, 3.05) is 13.2 Å². The Balaban J connectivity index is 2.50. The van der Waals surface area contributed by atoms with Crippen LogP contribution in [0.4, 0.5) is 0 Å². The highest BCUT2D eigenvalue weighted by molar-refractivity contribution is 5.28. The molecule has 2 heteroatoms. The molecule has 1 atom stereocenters. The number of hydrogen-bond acceptors (Lipinski definition) is 2. The lowest BCUT2D eigenvalue weighted by atomic mass is 10.1. The highest BCUT2D eigenvalue weighted by Gasteiger charge is 2.02. The summed E-state index contributed by atoms with van der Waals surface area (Å²) in [4.78, 5) is 0. The van der Waals surface area contributed by atoms with E-state index >= 15 is 0 Å². The van der Waals surface area contributed by atoms with Gasteiger partial charge in [0.1, 0.15) is 5.75 Å². The zero-order valence-electron chi connectivity index (χ0n) is 10.2. The maximum absolute atomic E-state index is 5.55. The fourth-order valence-electron chi connectivity index (χ4n) is 1.54. The molecule has 0 bridgehead atoms. The van der Waals surface area contributed by atoms with Gasteiger partial charge in [-0.2, -0.15) is 0 Å². The van der Waals surface area contributed by atoms with Gasteiger partial charge in [0.05, 0.1) is 6.61 Å². The van der Waals surface area contributed by atoms with Crippen LogP contribution >= 0.6 is 0 Å². The summed E-state index contributed by atoms with van der Waals surface area (Å²) >= 11 is 0. The van der Waals surface area contributed by atoms with Crippen molar-refractivity contribution >= 4 is 0 Å². The Labute approximate surface area is 98.3 Å². The topological polar surface area (TPSA) is 21.3 Å². The van der Waals surface area contributed by atoms with Crippen molar-refractivity contribution in [3.8, 4) is 5.75 Å². The van der Waals surface area contributed by atoms with E-state index in [-0.39, 0.29) is 0 Å². The van der Waals surface area contributed by atoms with E-state index in [1.165, 1.54) is 5.56 Å². The van der Waals surface area contributed by atoms with Crippen molar-refractivity contribution in [2.45, 2.75) is 26.3 Å². The van der Waals surface area contributed by atoms with E-state index in [1.807, 2.05) is 18.2 Å². The Bertz CT molecular complexity index is 305. The zero-order chi connectivity index (χ0) is 11.8. The molecule has 0 aromatic heterocycles. The maximum atomic E-state index is 5.55. The molecule has 1 N–H and O–H groups in total. The molecular weight excluding hydrogens is 198 g/mol. The fourth-order valence-corrected chi connectivity index (χ4v) is 1.54. The van der Waals surface area contributed by atoms with Gasteiger partial charge in [0, 0.05) is 6.04 Å². The summed E-state index contributed by atoms with van der Waals surface area (Å²) in [6.45, 7) is 9.62. The van der Waals surface area contributed by atoms with Crippen LogP contribution in [0.2, 0.25) is 0 Å². The van der Waals surface area contributed by atoms with E-state index in [4.69, 9.17) is 4.74 Å². The van der Waals surface area contributed by atoms with Crippen molar-refractivity contribution in [3.63, 3.8) is 0 Å². The van der Waals surface area contributed by atoms with Gasteiger partial charge in [0.25, 0.3) is 0 Å². The summed E-state index contributed by atoms with van der Waals surface area (Å²) in [6.07, 6.45) is 2.75. The van der Waals surface area contributed by atoms with Crippen LogP contribution in [-0.2, 0) is 0 Å². The van der Waals surface area contributed by atoms with Crippen LogP contribution in [0, 0.1) is 0 Å². The van der Waals surface area contributed by atoms with Crippen molar-refractivity contribution in [3.05, 3.63) is 42.5 Å². The number of benzene rings is 1. The predicted octanol–water partition coefficient (Wildman–Crippen LogP) is 3.31. The average Bonchev–Trinajstić information content (AvgIpc) is 2.30. The molecule has 0 saturated carbocycles. The minimum absolute atomic E-state index is 0.396. The summed E-state index contributed by atoms with van der Waals surface area (Å²) in [7, 11) is 0. The van der Waals surface area contributed by atoms with Crippen molar-refractivity contribution in [2.24, 2.45) is 0 Å². The molecule has 0 aliphatic heterocycles. The molecule has 1 unspecified atom stereocenters. The third-order valence-corrected chi connectivity index (χ3v) is 2.48. The van der Waals surface area contributed by atoms with Crippen LogP contribution in [0.1, 0.15) is 31.9 Å². The monoisotopic (exact) mass is 219 g/mol. The molecule has 88 valence electrons. The zero-order valence-corrected chi connectivity index (χ0v) is 10.2. The Kier molecular flexibility index (Phi) is 5.65. The van der Waals surface area contributed by atoms with Gasteiger partial charge in [0.2, 0.25) is 0 Å². The second-order valence-electron chi connectivity index (χ2n) is 3.77.